The zero-order chi connectivity index (χ0) is 23.2. The molecule has 8 heteroatoms. The van der Waals surface area contributed by atoms with Crippen LogP contribution in [0, 0.1) is 13.8 Å². The van der Waals surface area contributed by atoms with Crippen molar-refractivity contribution in [2.24, 2.45) is 0 Å². The zero-order valence-electron chi connectivity index (χ0n) is 18.7. The molecule has 1 aliphatic carbocycles. The summed E-state index contributed by atoms with van der Waals surface area (Å²) in [7, 11) is 0. The molecule has 5 aromatic rings. The minimum absolute atomic E-state index is 0.156. The molecule has 0 aliphatic heterocycles. The van der Waals surface area contributed by atoms with Crippen LogP contribution < -0.4 is 10.1 Å². The monoisotopic (exact) mass is 469 g/mol. The van der Waals surface area contributed by atoms with Crippen molar-refractivity contribution in [2.45, 2.75) is 32.4 Å². The van der Waals surface area contributed by atoms with Crippen LogP contribution in [0.1, 0.15) is 28.6 Å². The summed E-state index contributed by atoms with van der Waals surface area (Å²) in [5.41, 5.74) is 5.91. The number of anilines is 1. The summed E-state index contributed by atoms with van der Waals surface area (Å²) >= 11 is 1.55. The Kier molecular flexibility index (Phi) is 5.04. The Hall–Kier alpha value is -3.75. The molecular formula is C26H23N5O2S. The molecule has 2 atom stereocenters. The Morgan fingerprint density at radius 1 is 1.06 bits per heavy atom. The number of nitrogens with one attached hydrogen (secondary N) is 2. The number of aliphatic hydroxyl groups is 1. The van der Waals surface area contributed by atoms with Gasteiger partial charge in [-0.05, 0) is 43.2 Å². The fourth-order valence-electron chi connectivity index (χ4n) is 4.32. The molecule has 170 valence electrons. The number of nitrogens with zero attached hydrogens (tertiary/aromatic N) is 3. The summed E-state index contributed by atoms with van der Waals surface area (Å²) in [6, 6.07) is 17.5. The average molecular weight is 470 g/mol. The van der Waals surface area contributed by atoms with Crippen LogP contribution in [0.4, 0.5) is 5.13 Å². The Bertz CT molecular complexity index is 1490. The molecule has 0 spiro atoms. The van der Waals surface area contributed by atoms with Crippen LogP contribution in [0.3, 0.4) is 0 Å². The SMILES string of the molecule is Cc1nc(-c2cc(Oc3ccc4nc(N[C@@H]5c6ccccc6C[C@@H]5O)sc4c3)ccn2)[nH]c1C. The quantitative estimate of drug-likeness (QED) is 0.312. The third kappa shape index (κ3) is 3.81. The van der Waals surface area contributed by atoms with Gasteiger partial charge in [-0.1, -0.05) is 35.6 Å². The summed E-state index contributed by atoms with van der Waals surface area (Å²) in [5.74, 6) is 2.13. The predicted octanol–water partition coefficient (Wildman–Crippen LogP) is 5.56. The number of thiazole rings is 1. The fraction of sp³-hybridized carbons (Fsp3) is 0.192. The van der Waals surface area contributed by atoms with Crippen molar-refractivity contribution in [1.29, 1.82) is 0 Å². The van der Waals surface area contributed by atoms with Crippen LogP contribution in [-0.2, 0) is 6.42 Å². The van der Waals surface area contributed by atoms with Crippen LogP contribution in [0.25, 0.3) is 21.7 Å². The van der Waals surface area contributed by atoms with Crippen LogP contribution in [0.15, 0.2) is 60.8 Å². The molecule has 0 unspecified atom stereocenters. The topological polar surface area (TPSA) is 96.0 Å². The summed E-state index contributed by atoms with van der Waals surface area (Å²) in [5, 5.41) is 14.8. The lowest BCUT2D eigenvalue weighted by atomic mass is 10.1. The van der Waals surface area contributed by atoms with Crippen LogP contribution in [-0.4, -0.2) is 31.1 Å². The van der Waals surface area contributed by atoms with Gasteiger partial charge >= 0.3 is 0 Å². The largest absolute Gasteiger partial charge is 0.457 e. The lowest BCUT2D eigenvalue weighted by Gasteiger charge is -2.16. The van der Waals surface area contributed by atoms with E-state index in [1.807, 2.05) is 56.3 Å². The molecule has 0 fully saturated rings. The number of aryl methyl sites for hydroxylation is 2. The first-order chi connectivity index (χ1) is 16.5. The number of hydrogen-bond acceptors (Lipinski definition) is 7. The minimum Gasteiger partial charge on any atom is -0.457 e. The van der Waals surface area contributed by atoms with Gasteiger partial charge in [0.15, 0.2) is 11.0 Å². The lowest BCUT2D eigenvalue weighted by Crippen LogP contribution is -2.20. The van der Waals surface area contributed by atoms with Crippen molar-refractivity contribution in [3.8, 4) is 23.0 Å². The van der Waals surface area contributed by atoms with Crippen molar-refractivity contribution in [3.63, 3.8) is 0 Å². The second-order valence-corrected chi connectivity index (χ2v) is 9.55. The number of fused-ring (bicyclic) bond motifs is 2. The van der Waals surface area contributed by atoms with E-state index in [0.29, 0.717) is 12.2 Å². The van der Waals surface area contributed by atoms with Gasteiger partial charge in [-0.2, -0.15) is 0 Å². The Balaban J connectivity index is 1.23. The van der Waals surface area contributed by atoms with Gasteiger partial charge in [0.2, 0.25) is 0 Å². The first kappa shape index (κ1) is 20.8. The molecule has 34 heavy (non-hydrogen) atoms. The number of aromatic amines is 1. The highest BCUT2D eigenvalue weighted by molar-refractivity contribution is 7.22. The van der Waals surface area contributed by atoms with Gasteiger partial charge in [-0.15, -0.1) is 0 Å². The number of imidazole rings is 1. The number of benzene rings is 2. The van der Waals surface area contributed by atoms with Gasteiger partial charge < -0.3 is 20.1 Å². The molecule has 0 radical (unpaired) electrons. The normalized spacial score (nSPS) is 17.1. The summed E-state index contributed by atoms with van der Waals surface area (Å²) < 4.78 is 7.14. The Labute approximate surface area is 200 Å². The Morgan fingerprint density at radius 2 is 1.91 bits per heavy atom. The highest BCUT2D eigenvalue weighted by atomic mass is 32.1. The maximum atomic E-state index is 10.6. The van der Waals surface area contributed by atoms with Crippen molar-refractivity contribution in [2.75, 3.05) is 5.32 Å². The van der Waals surface area contributed by atoms with E-state index >= 15 is 0 Å². The third-order valence-electron chi connectivity index (χ3n) is 6.18. The van der Waals surface area contributed by atoms with Crippen molar-refractivity contribution in [3.05, 3.63) is 83.3 Å². The summed E-state index contributed by atoms with van der Waals surface area (Å²) in [6.45, 7) is 3.96. The molecule has 3 heterocycles. The van der Waals surface area contributed by atoms with E-state index in [1.54, 1.807) is 17.5 Å². The molecule has 0 saturated carbocycles. The van der Waals surface area contributed by atoms with E-state index in [1.165, 1.54) is 5.56 Å². The molecule has 3 N–H and O–H groups in total. The van der Waals surface area contributed by atoms with Crippen molar-refractivity contribution in [1.82, 2.24) is 19.9 Å². The van der Waals surface area contributed by atoms with Gasteiger partial charge in [0.1, 0.15) is 17.2 Å². The first-order valence-electron chi connectivity index (χ1n) is 11.1. The molecule has 0 saturated heterocycles. The number of aliphatic hydroxyl groups excluding tert-OH is 1. The van der Waals surface area contributed by atoms with Gasteiger partial charge in [0.05, 0.1) is 28.1 Å². The molecule has 2 aromatic carbocycles. The second-order valence-electron chi connectivity index (χ2n) is 8.52. The van der Waals surface area contributed by atoms with E-state index in [-0.39, 0.29) is 6.04 Å². The fourth-order valence-corrected chi connectivity index (χ4v) is 5.25. The van der Waals surface area contributed by atoms with Gasteiger partial charge in [0.25, 0.3) is 0 Å². The van der Waals surface area contributed by atoms with E-state index in [0.717, 1.165) is 49.6 Å². The highest BCUT2D eigenvalue weighted by Crippen LogP contribution is 2.37. The summed E-state index contributed by atoms with van der Waals surface area (Å²) in [4.78, 5) is 16.9. The number of aromatic nitrogens is 4. The molecular weight excluding hydrogens is 446 g/mol. The lowest BCUT2D eigenvalue weighted by molar-refractivity contribution is 0.166. The smallest absolute Gasteiger partial charge is 0.184 e. The number of H-pyrrole nitrogens is 1. The van der Waals surface area contributed by atoms with Crippen LogP contribution in [0.2, 0.25) is 0 Å². The molecule has 3 aromatic heterocycles. The summed E-state index contributed by atoms with van der Waals surface area (Å²) in [6.07, 6.45) is 1.91. The average Bonchev–Trinajstić information content (AvgIpc) is 3.49. The van der Waals surface area contributed by atoms with Crippen molar-refractivity contribution >= 4 is 26.7 Å². The number of rotatable bonds is 5. The number of pyridine rings is 1. The van der Waals surface area contributed by atoms with Gasteiger partial charge in [-0.25, -0.2) is 9.97 Å². The maximum Gasteiger partial charge on any atom is 0.184 e. The van der Waals surface area contributed by atoms with Gasteiger partial charge in [-0.3, -0.25) is 4.98 Å². The Morgan fingerprint density at radius 3 is 2.76 bits per heavy atom. The van der Waals surface area contributed by atoms with Crippen LogP contribution in [0.5, 0.6) is 11.5 Å². The molecule has 0 amide bonds. The predicted molar refractivity (Wildman–Crippen MR) is 134 cm³/mol. The highest BCUT2D eigenvalue weighted by Gasteiger charge is 2.31. The third-order valence-corrected chi connectivity index (χ3v) is 7.13. The second kappa shape index (κ2) is 8.23. The maximum absolute atomic E-state index is 10.6. The van der Waals surface area contributed by atoms with E-state index < -0.39 is 6.10 Å². The first-order valence-corrected chi connectivity index (χ1v) is 12.0. The molecule has 0 bridgehead atoms. The van der Waals surface area contributed by atoms with E-state index in [2.05, 4.69) is 32.4 Å². The number of hydrogen-bond donors (Lipinski definition) is 3. The van der Waals surface area contributed by atoms with Crippen LogP contribution >= 0.6 is 11.3 Å². The zero-order valence-corrected chi connectivity index (χ0v) is 19.6. The van der Waals surface area contributed by atoms with E-state index in [9.17, 15) is 5.11 Å². The molecule has 1 aliphatic rings. The van der Waals surface area contributed by atoms with E-state index in [4.69, 9.17) is 9.72 Å². The molecule has 7 nitrogen and oxygen atoms in total. The van der Waals surface area contributed by atoms with Gasteiger partial charge in [0, 0.05) is 30.4 Å². The standard InChI is InChI=1S/C26H23N5O2S/c1-14-15(2)29-25(28-14)21-12-18(9-10-27-21)33-17-7-8-20-23(13-17)34-26(30-20)31-24-19-6-4-3-5-16(19)11-22(24)32/h3-10,12-13,22,24,32H,11H2,1-2H3,(H,28,29)(H,30,31)/t22-,24+/m0/s1. The molecule has 6 rings (SSSR count). The van der Waals surface area contributed by atoms with Crippen molar-refractivity contribution < 1.29 is 9.84 Å². The minimum atomic E-state index is -0.467. The number of ether oxygens (including phenoxy) is 1.